The summed E-state index contributed by atoms with van der Waals surface area (Å²) >= 11 is 11.3. The second kappa shape index (κ2) is 3.63. The van der Waals surface area contributed by atoms with Crippen molar-refractivity contribution in [3.8, 4) is 0 Å². The van der Waals surface area contributed by atoms with Crippen LogP contribution in [-0.2, 0) is 9.59 Å². The van der Waals surface area contributed by atoms with Gasteiger partial charge in [-0.2, -0.15) is 0 Å². The van der Waals surface area contributed by atoms with Gasteiger partial charge in [0.15, 0.2) is 4.87 Å². The molecule has 0 aromatic carbocycles. The van der Waals surface area contributed by atoms with Gasteiger partial charge in [-0.15, -0.1) is 11.6 Å². The number of hydrogen-bond acceptors (Lipinski definition) is 2. The Morgan fingerprint density at radius 2 is 2.00 bits per heavy atom. The third kappa shape index (κ3) is 1.91. The van der Waals surface area contributed by atoms with Gasteiger partial charge >= 0.3 is 11.9 Å². The smallest absolute Gasteiger partial charge is 0.336 e. The van der Waals surface area contributed by atoms with Crippen LogP contribution < -0.4 is 0 Å². The summed E-state index contributed by atoms with van der Waals surface area (Å²) in [5, 5.41) is 17.3. The van der Waals surface area contributed by atoms with Crippen LogP contribution in [0.3, 0.4) is 0 Å². The van der Waals surface area contributed by atoms with E-state index in [1.165, 1.54) is 0 Å². The van der Waals surface area contributed by atoms with E-state index in [4.69, 9.17) is 33.4 Å². The van der Waals surface area contributed by atoms with Crippen LogP contribution in [0.25, 0.3) is 0 Å². The molecule has 6 heteroatoms. The molecule has 1 atom stereocenters. The predicted molar refractivity (Wildman–Crippen MR) is 50.5 cm³/mol. The standard InChI is InChI=1S/C8H6Cl2O4/c9-5-3-8(10,7(13)14)2-1-4(5)6(11)12/h1-2H,3H2,(H,11,12)(H,13,14). The van der Waals surface area contributed by atoms with E-state index in [9.17, 15) is 9.59 Å². The quantitative estimate of drug-likeness (QED) is 0.715. The first-order valence-electron chi connectivity index (χ1n) is 3.60. The van der Waals surface area contributed by atoms with Crippen molar-refractivity contribution in [1.29, 1.82) is 0 Å². The average Bonchev–Trinajstić information content (AvgIpc) is 2.02. The van der Waals surface area contributed by atoms with E-state index in [2.05, 4.69) is 0 Å². The molecular formula is C8H6Cl2O4. The monoisotopic (exact) mass is 236 g/mol. The summed E-state index contributed by atoms with van der Waals surface area (Å²) in [6, 6.07) is 0. The van der Waals surface area contributed by atoms with Crippen molar-refractivity contribution >= 4 is 35.1 Å². The van der Waals surface area contributed by atoms with Gasteiger partial charge in [-0.3, -0.25) is 0 Å². The maximum atomic E-state index is 10.7. The third-order valence-electron chi connectivity index (χ3n) is 1.80. The average molecular weight is 237 g/mol. The SMILES string of the molecule is O=C(O)C1=C(Cl)CC(Cl)(C(=O)O)C=C1. The molecule has 1 unspecified atom stereocenters. The van der Waals surface area contributed by atoms with Gasteiger partial charge in [0.1, 0.15) is 0 Å². The van der Waals surface area contributed by atoms with Crippen LogP contribution >= 0.6 is 23.2 Å². The van der Waals surface area contributed by atoms with Crippen LogP contribution in [-0.4, -0.2) is 27.0 Å². The molecule has 0 aliphatic heterocycles. The molecule has 2 N–H and O–H groups in total. The molecule has 0 heterocycles. The Hall–Kier alpha value is -1.00. The highest BCUT2D eigenvalue weighted by molar-refractivity contribution is 6.39. The number of hydrogen-bond donors (Lipinski definition) is 2. The topological polar surface area (TPSA) is 74.6 Å². The van der Waals surface area contributed by atoms with Crippen molar-refractivity contribution in [1.82, 2.24) is 0 Å². The van der Waals surface area contributed by atoms with Crippen LogP contribution in [0.4, 0.5) is 0 Å². The lowest BCUT2D eigenvalue weighted by atomic mass is 9.96. The predicted octanol–water partition coefficient (Wildman–Crippen LogP) is 1.59. The first kappa shape index (κ1) is 11.1. The molecule has 0 aromatic heterocycles. The zero-order valence-corrected chi connectivity index (χ0v) is 8.34. The normalized spacial score (nSPS) is 26.4. The first-order chi connectivity index (χ1) is 6.37. The molecule has 0 spiro atoms. The molecule has 0 fully saturated rings. The van der Waals surface area contributed by atoms with Gasteiger partial charge < -0.3 is 10.2 Å². The number of aliphatic carboxylic acids is 2. The molecule has 0 bridgehead atoms. The van der Waals surface area contributed by atoms with Crippen molar-refractivity contribution in [2.75, 3.05) is 0 Å². The summed E-state index contributed by atoms with van der Waals surface area (Å²) in [5.41, 5.74) is -0.121. The number of carboxylic acids is 2. The van der Waals surface area contributed by atoms with Crippen molar-refractivity contribution in [2.24, 2.45) is 0 Å². The maximum Gasteiger partial charge on any atom is 0.336 e. The Kier molecular flexibility index (Phi) is 2.87. The molecule has 14 heavy (non-hydrogen) atoms. The van der Waals surface area contributed by atoms with Gasteiger partial charge in [0.05, 0.1) is 5.57 Å². The Labute approximate surface area is 89.4 Å². The third-order valence-corrected chi connectivity index (χ3v) is 2.56. The summed E-state index contributed by atoms with van der Waals surface area (Å²) in [5.74, 6) is -2.45. The molecule has 4 nitrogen and oxygen atoms in total. The highest BCUT2D eigenvalue weighted by atomic mass is 35.5. The maximum absolute atomic E-state index is 10.7. The van der Waals surface area contributed by atoms with E-state index in [1.54, 1.807) is 0 Å². The van der Waals surface area contributed by atoms with Crippen molar-refractivity contribution in [3.05, 3.63) is 22.8 Å². The van der Waals surface area contributed by atoms with Gasteiger partial charge in [-0.25, -0.2) is 9.59 Å². The summed E-state index contributed by atoms with van der Waals surface area (Å²) < 4.78 is 0. The zero-order chi connectivity index (χ0) is 10.9. The van der Waals surface area contributed by atoms with E-state index < -0.39 is 16.8 Å². The van der Waals surface area contributed by atoms with E-state index in [-0.39, 0.29) is 17.0 Å². The molecule has 0 aromatic rings. The Bertz CT molecular complexity index is 358. The second-order valence-electron chi connectivity index (χ2n) is 2.80. The number of rotatable bonds is 2. The number of allylic oxidation sites excluding steroid dienone is 1. The first-order valence-corrected chi connectivity index (χ1v) is 4.36. The van der Waals surface area contributed by atoms with Crippen LogP contribution in [0.15, 0.2) is 22.8 Å². The second-order valence-corrected chi connectivity index (χ2v) is 3.93. The van der Waals surface area contributed by atoms with Gasteiger partial charge in [-0.05, 0) is 6.08 Å². The summed E-state index contributed by atoms with van der Waals surface area (Å²) in [6.07, 6.45) is 2.01. The van der Waals surface area contributed by atoms with Crippen molar-refractivity contribution < 1.29 is 19.8 Å². The minimum absolute atomic E-state index is 0.0580. The fraction of sp³-hybridized carbons (Fsp3) is 0.250. The minimum Gasteiger partial charge on any atom is -0.480 e. The lowest BCUT2D eigenvalue weighted by molar-refractivity contribution is -0.139. The van der Waals surface area contributed by atoms with E-state index in [0.29, 0.717) is 0 Å². The van der Waals surface area contributed by atoms with Crippen molar-refractivity contribution in [2.45, 2.75) is 11.3 Å². The highest BCUT2D eigenvalue weighted by Gasteiger charge is 2.37. The molecule has 0 amide bonds. The van der Waals surface area contributed by atoms with Crippen LogP contribution in [0.1, 0.15) is 6.42 Å². The molecule has 76 valence electrons. The fourth-order valence-electron chi connectivity index (χ4n) is 1.02. The van der Waals surface area contributed by atoms with Gasteiger partial charge in [0.2, 0.25) is 0 Å². The lowest BCUT2D eigenvalue weighted by Crippen LogP contribution is -2.32. The van der Waals surface area contributed by atoms with Gasteiger partial charge in [0.25, 0.3) is 0 Å². The van der Waals surface area contributed by atoms with Gasteiger partial charge in [-0.1, -0.05) is 17.7 Å². The molecule has 1 aliphatic rings. The summed E-state index contributed by atoms with van der Waals surface area (Å²) in [7, 11) is 0. The Balaban J connectivity index is 3.02. The molecule has 0 saturated carbocycles. The van der Waals surface area contributed by atoms with Crippen LogP contribution in [0, 0.1) is 0 Å². The van der Waals surface area contributed by atoms with E-state index in [0.717, 1.165) is 12.2 Å². The highest BCUT2D eigenvalue weighted by Crippen LogP contribution is 2.34. The fourth-order valence-corrected chi connectivity index (χ4v) is 1.64. The van der Waals surface area contributed by atoms with E-state index >= 15 is 0 Å². The Morgan fingerprint density at radius 3 is 2.36 bits per heavy atom. The molecule has 1 aliphatic carbocycles. The number of alkyl halides is 1. The largest absolute Gasteiger partial charge is 0.480 e. The molecular weight excluding hydrogens is 231 g/mol. The van der Waals surface area contributed by atoms with Crippen LogP contribution in [0.5, 0.6) is 0 Å². The van der Waals surface area contributed by atoms with Crippen molar-refractivity contribution in [3.63, 3.8) is 0 Å². The summed E-state index contributed by atoms with van der Waals surface area (Å²) in [6.45, 7) is 0. The molecule has 1 rings (SSSR count). The number of carbonyl (C=O) groups is 2. The molecule has 0 radical (unpaired) electrons. The minimum atomic E-state index is -1.63. The summed E-state index contributed by atoms with van der Waals surface area (Å²) in [4.78, 5) is 19.6. The molecule has 0 saturated heterocycles. The Morgan fingerprint density at radius 1 is 1.43 bits per heavy atom. The van der Waals surface area contributed by atoms with Gasteiger partial charge in [0, 0.05) is 11.5 Å². The van der Waals surface area contributed by atoms with Crippen LogP contribution in [0.2, 0.25) is 0 Å². The number of halogens is 2. The lowest BCUT2D eigenvalue weighted by Gasteiger charge is -2.21. The van der Waals surface area contributed by atoms with E-state index in [1.807, 2.05) is 0 Å². The zero-order valence-electron chi connectivity index (χ0n) is 6.83. The number of carboxylic acid groups (broad SMARTS) is 2.